The Labute approximate surface area is 209 Å². The van der Waals surface area contributed by atoms with E-state index in [9.17, 15) is 0 Å². The minimum Gasteiger partial charge on any atom is -0.341 e. The third-order valence-electron chi connectivity index (χ3n) is 8.98. The summed E-state index contributed by atoms with van der Waals surface area (Å²) in [5.74, 6) is 5.01. The molecule has 0 aromatic heterocycles. The summed E-state index contributed by atoms with van der Waals surface area (Å²) in [7, 11) is 0. The maximum absolute atomic E-state index is 6.37. The van der Waals surface area contributed by atoms with Gasteiger partial charge in [0, 0.05) is 12.3 Å². The highest BCUT2D eigenvalue weighted by atomic mass is 17.2. The monoisotopic (exact) mass is 470 g/mol. The summed E-state index contributed by atoms with van der Waals surface area (Å²) in [6.07, 6.45) is 22.1. The quantitative estimate of drug-likeness (QED) is 0.153. The van der Waals surface area contributed by atoms with Crippen LogP contribution in [0, 0.1) is 40.9 Å². The van der Waals surface area contributed by atoms with E-state index in [1.165, 1.54) is 44.9 Å². The van der Waals surface area contributed by atoms with Crippen LogP contribution in [0.1, 0.15) is 106 Å². The molecule has 0 radical (unpaired) electrons. The van der Waals surface area contributed by atoms with Gasteiger partial charge in [0.15, 0.2) is 0 Å². The van der Waals surface area contributed by atoms with E-state index in [-0.39, 0.29) is 17.8 Å². The molecule has 0 N–H and O–H groups in total. The highest BCUT2D eigenvalue weighted by molar-refractivity contribution is 5.28. The molecule has 0 heterocycles. The summed E-state index contributed by atoms with van der Waals surface area (Å²) >= 11 is 0. The Hall–Kier alpha value is -1.06. The van der Waals surface area contributed by atoms with Crippen molar-refractivity contribution in [2.24, 2.45) is 40.9 Å². The van der Waals surface area contributed by atoms with Crippen molar-refractivity contribution in [2.45, 2.75) is 118 Å². The van der Waals surface area contributed by atoms with Crippen molar-refractivity contribution in [3.63, 3.8) is 0 Å². The van der Waals surface area contributed by atoms with E-state index in [1.54, 1.807) is 5.57 Å². The van der Waals surface area contributed by atoms with Gasteiger partial charge in [-0.2, -0.15) is 4.89 Å². The Morgan fingerprint density at radius 1 is 0.882 bits per heavy atom. The molecule has 0 spiro atoms. The van der Waals surface area contributed by atoms with Crippen LogP contribution < -0.4 is 0 Å². The van der Waals surface area contributed by atoms with Crippen LogP contribution in [-0.2, 0) is 14.5 Å². The van der Waals surface area contributed by atoms with Gasteiger partial charge >= 0.3 is 0 Å². The Balaban J connectivity index is 1.26. The lowest BCUT2D eigenvalue weighted by molar-refractivity contribution is -0.359. The van der Waals surface area contributed by atoms with E-state index in [2.05, 4.69) is 58.9 Å². The predicted molar refractivity (Wildman–Crippen MR) is 140 cm³/mol. The largest absolute Gasteiger partial charge is 0.341 e. The van der Waals surface area contributed by atoms with Gasteiger partial charge in [-0.05, 0) is 73.7 Å². The Morgan fingerprint density at radius 3 is 2.29 bits per heavy atom. The van der Waals surface area contributed by atoms with Gasteiger partial charge in [0.1, 0.15) is 5.76 Å². The molecule has 0 bridgehead atoms. The molecule has 0 aliphatic heterocycles. The topological polar surface area (TPSA) is 27.7 Å². The first kappa shape index (κ1) is 26.0. The van der Waals surface area contributed by atoms with E-state index >= 15 is 0 Å². The Kier molecular flexibility index (Phi) is 8.67. The SMILES string of the molecule is CC(OOC1=CCC(C2CCCCC2)CC1)OC1C=CC2C(C(C(C)C)C(C)(C)C)=CCCC12. The molecule has 0 aromatic carbocycles. The summed E-state index contributed by atoms with van der Waals surface area (Å²) in [6, 6.07) is 0. The van der Waals surface area contributed by atoms with Crippen molar-refractivity contribution in [3.8, 4) is 0 Å². The Bertz CT molecular complexity index is 749. The van der Waals surface area contributed by atoms with Crippen molar-refractivity contribution in [3.05, 3.63) is 35.6 Å². The van der Waals surface area contributed by atoms with Gasteiger partial charge in [-0.1, -0.05) is 90.5 Å². The molecule has 4 aliphatic rings. The van der Waals surface area contributed by atoms with E-state index in [4.69, 9.17) is 14.5 Å². The minimum absolute atomic E-state index is 0.107. The molecule has 0 amide bonds. The normalized spacial score (nSPS) is 32.2. The fraction of sp³-hybridized carbons (Fsp3) is 0.806. The third-order valence-corrected chi connectivity index (χ3v) is 8.98. The summed E-state index contributed by atoms with van der Waals surface area (Å²) in [5, 5.41) is 0. The van der Waals surface area contributed by atoms with E-state index in [0.29, 0.717) is 23.7 Å². The third kappa shape index (κ3) is 6.19. The lowest BCUT2D eigenvalue weighted by atomic mass is 9.63. The smallest absolute Gasteiger partial charge is 0.200 e. The number of ether oxygens (including phenoxy) is 1. The molecule has 0 saturated heterocycles. The number of hydrogen-bond donors (Lipinski definition) is 0. The molecule has 3 nitrogen and oxygen atoms in total. The van der Waals surface area contributed by atoms with Gasteiger partial charge in [0.2, 0.25) is 6.29 Å². The van der Waals surface area contributed by atoms with E-state index in [0.717, 1.165) is 36.9 Å². The van der Waals surface area contributed by atoms with Gasteiger partial charge in [0.25, 0.3) is 0 Å². The minimum atomic E-state index is -0.372. The van der Waals surface area contributed by atoms with E-state index in [1.807, 2.05) is 6.92 Å². The molecule has 1 saturated carbocycles. The average Bonchev–Trinajstić information content (AvgIpc) is 3.21. The maximum atomic E-state index is 6.37. The standard InChI is InChI=1S/C31H50O3/c1-21(2)30(31(4,5)6)28-14-10-13-27-26(28)19-20-29(27)32-22(3)33-34-25-17-15-24(16-18-25)23-11-8-7-9-12-23/h14,17,19-24,26-27,29-30H,7-13,15-16,18H2,1-6H3. The molecule has 3 heteroatoms. The van der Waals surface area contributed by atoms with Crippen molar-refractivity contribution >= 4 is 0 Å². The molecule has 6 atom stereocenters. The molecular formula is C31H50O3. The van der Waals surface area contributed by atoms with Crippen LogP contribution in [0.5, 0.6) is 0 Å². The van der Waals surface area contributed by atoms with Crippen molar-refractivity contribution in [1.82, 2.24) is 0 Å². The molecule has 1 fully saturated rings. The molecule has 4 aliphatic carbocycles. The molecule has 34 heavy (non-hydrogen) atoms. The maximum Gasteiger partial charge on any atom is 0.200 e. The van der Waals surface area contributed by atoms with Crippen LogP contribution in [0.4, 0.5) is 0 Å². The lowest BCUT2D eigenvalue weighted by Crippen LogP contribution is -2.36. The second-order valence-electron chi connectivity index (χ2n) is 12.9. The van der Waals surface area contributed by atoms with Crippen LogP contribution in [0.3, 0.4) is 0 Å². The average molecular weight is 471 g/mol. The zero-order valence-electron chi connectivity index (χ0n) is 22.7. The number of rotatable bonds is 8. The summed E-state index contributed by atoms with van der Waals surface area (Å²) in [4.78, 5) is 11.5. The summed E-state index contributed by atoms with van der Waals surface area (Å²) in [5.41, 5.74) is 1.90. The van der Waals surface area contributed by atoms with Crippen molar-refractivity contribution in [2.75, 3.05) is 0 Å². The zero-order valence-corrected chi connectivity index (χ0v) is 22.7. The van der Waals surface area contributed by atoms with E-state index < -0.39 is 0 Å². The number of hydrogen-bond acceptors (Lipinski definition) is 3. The Morgan fingerprint density at radius 2 is 1.65 bits per heavy atom. The second kappa shape index (κ2) is 11.3. The van der Waals surface area contributed by atoms with Crippen LogP contribution >= 0.6 is 0 Å². The van der Waals surface area contributed by atoms with Crippen LogP contribution in [-0.4, -0.2) is 12.4 Å². The second-order valence-corrected chi connectivity index (χ2v) is 12.9. The molecule has 192 valence electrons. The van der Waals surface area contributed by atoms with Gasteiger partial charge in [0.05, 0.1) is 6.10 Å². The first-order valence-corrected chi connectivity index (χ1v) is 14.3. The van der Waals surface area contributed by atoms with Gasteiger partial charge in [-0.15, -0.1) is 0 Å². The lowest BCUT2D eigenvalue weighted by Gasteiger charge is -2.42. The molecule has 4 rings (SSSR count). The first-order valence-electron chi connectivity index (χ1n) is 14.3. The summed E-state index contributed by atoms with van der Waals surface area (Å²) in [6.45, 7) is 13.9. The fourth-order valence-corrected chi connectivity index (χ4v) is 7.68. The summed E-state index contributed by atoms with van der Waals surface area (Å²) < 4.78 is 6.37. The molecule has 6 unspecified atom stereocenters. The van der Waals surface area contributed by atoms with Crippen LogP contribution in [0.15, 0.2) is 35.6 Å². The fourth-order valence-electron chi connectivity index (χ4n) is 7.68. The van der Waals surface area contributed by atoms with Crippen molar-refractivity contribution in [1.29, 1.82) is 0 Å². The van der Waals surface area contributed by atoms with Crippen LogP contribution in [0.2, 0.25) is 0 Å². The zero-order chi connectivity index (χ0) is 24.3. The molecular weight excluding hydrogens is 420 g/mol. The predicted octanol–water partition coefficient (Wildman–Crippen LogP) is 8.77. The highest BCUT2D eigenvalue weighted by Gasteiger charge is 2.42. The molecule has 0 aromatic rings. The number of fused-ring (bicyclic) bond motifs is 1. The van der Waals surface area contributed by atoms with Gasteiger partial charge in [-0.25, -0.2) is 0 Å². The first-order chi connectivity index (χ1) is 16.2. The van der Waals surface area contributed by atoms with Gasteiger partial charge < -0.3 is 9.62 Å². The van der Waals surface area contributed by atoms with Gasteiger partial charge in [-0.3, -0.25) is 0 Å². The highest BCUT2D eigenvalue weighted by Crippen LogP contribution is 2.49. The van der Waals surface area contributed by atoms with Crippen molar-refractivity contribution < 1.29 is 14.5 Å². The number of allylic oxidation sites excluding steroid dienone is 5. The van der Waals surface area contributed by atoms with Crippen LogP contribution in [0.25, 0.3) is 0 Å².